The van der Waals surface area contributed by atoms with E-state index in [0.717, 1.165) is 32.0 Å². The van der Waals surface area contributed by atoms with Gasteiger partial charge in [0.15, 0.2) is 5.11 Å². The van der Waals surface area contributed by atoms with Crippen LogP contribution in [0.4, 0.5) is 17.1 Å². The topological polar surface area (TPSA) is 62.4 Å². The van der Waals surface area contributed by atoms with E-state index in [-0.39, 0.29) is 5.91 Å². The number of ether oxygens (including phenoxy) is 1. The quantitative estimate of drug-likeness (QED) is 0.147. The summed E-state index contributed by atoms with van der Waals surface area (Å²) in [5, 5.41) is 9.42. The van der Waals surface area contributed by atoms with Gasteiger partial charge in [-0.25, -0.2) is 0 Å². The molecular weight excluding hydrogens is 554 g/mol. The summed E-state index contributed by atoms with van der Waals surface area (Å²) in [6.45, 7) is 0. The standard InChI is InChI=1S/C28H24BrN3O2S2/c1-34-25-17-8-7-16-24(25)32-28(35)30-20-12-9-13-21(18-20)36-26(19-10-3-2-4-11-19)27(33)31-23-15-6-5-14-22(23)29/h2-18,26H,1H3,(H,31,33)(H2,30,32,35). The van der Waals surface area contributed by atoms with E-state index in [2.05, 4.69) is 31.9 Å². The first-order valence-corrected chi connectivity index (χ1v) is 13.2. The highest BCUT2D eigenvalue weighted by molar-refractivity contribution is 9.10. The predicted molar refractivity (Wildman–Crippen MR) is 157 cm³/mol. The van der Waals surface area contributed by atoms with Crippen molar-refractivity contribution in [3.05, 3.63) is 113 Å². The smallest absolute Gasteiger partial charge is 0.242 e. The molecule has 4 aromatic rings. The Hall–Kier alpha value is -3.33. The van der Waals surface area contributed by atoms with Crippen LogP contribution in [0.2, 0.25) is 0 Å². The number of rotatable bonds is 8. The highest BCUT2D eigenvalue weighted by Crippen LogP contribution is 2.37. The number of anilines is 3. The van der Waals surface area contributed by atoms with E-state index < -0.39 is 5.25 Å². The molecule has 1 amide bonds. The molecule has 1 atom stereocenters. The van der Waals surface area contributed by atoms with Crippen LogP contribution in [0.15, 0.2) is 112 Å². The first-order chi connectivity index (χ1) is 17.5. The Morgan fingerprint density at radius 2 is 1.53 bits per heavy atom. The van der Waals surface area contributed by atoms with Gasteiger partial charge in [0.1, 0.15) is 11.0 Å². The first-order valence-electron chi connectivity index (χ1n) is 11.1. The van der Waals surface area contributed by atoms with E-state index in [1.54, 1.807) is 7.11 Å². The van der Waals surface area contributed by atoms with Crippen molar-refractivity contribution in [1.29, 1.82) is 0 Å². The summed E-state index contributed by atoms with van der Waals surface area (Å²) in [4.78, 5) is 14.3. The van der Waals surface area contributed by atoms with Crippen LogP contribution in [0.3, 0.4) is 0 Å². The Labute approximate surface area is 228 Å². The molecule has 182 valence electrons. The molecule has 36 heavy (non-hydrogen) atoms. The Kier molecular flexibility index (Phi) is 9.00. The fraction of sp³-hybridized carbons (Fsp3) is 0.0714. The van der Waals surface area contributed by atoms with Gasteiger partial charge >= 0.3 is 0 Å². The van der Waals surface area contributed by atoms with Gasteiger partial charge in [0, 0.05) is 15.1 Å². The van der Waals surface area contributed by atoms with E-state index in [0.29, 0.717) is 10.9 Å². The third-order valence-corrected chi connectivity index (χ3v) is 7.32. The van der Waals surface area contributed by atoms with Gasteiger partial charge in [-0.2, -0.15) is 0 Å². The van der Waals surface area contributed by atoms with Crippen LogP contribution >= 0.6 is 39.9 Å². The molecule has 0 aliphatic carbocycles. The fourth-order valence-electron chi connectivity index (χ4n) is 3.48. The van der Waals surface area contributed by atoms with Crippen LogP contribution in [0.1, 0.15) is 10.8 Å². The molecule has 1 unspecified atom stereocenters. The number of thiocarbonyl (C=S) groups is 1. The van der Waals surface area contributed by atoms with Crippen molar-refractivity contribution in [1.82, 2.24) is 0 Å². The Morgan fingerprint density at radius 1 is 0.833 bits per heavy atom. The van der Waals surface area contributed by atoms with Crippen molar-refractivity contribution in [3.8, 4) is 5.75 Å². The number of hydrogen-bond acceptors (Lipinski definition) is 4. The first kappa shape index (κ1) is 25.8. The van der Waals surface area contributed by atoms with Crippen LogP contribution < -0.4 is 20.7 Å². The maximum Gasteiger partial charge on any atom is 0.242 e. The molecule has 0 spiro atoms. The highest BCUT2D eigenvalue weighted by atomic mass is 79.9. The molecule has 4 rings (SSSR count). The zero-order valence-electron chi connectivity index (χ0n) is 19.4. The lowest BCUT2D eigenvalue weighted by atomic mass is 10.1. The zero-order chi connectivity index (χ0) is 25.3. The number of amides is 1. The lowest BCUT2D eigenvalue weighted by molar-refractivity contribution is -0.115. The molecule has 0 aliphatic rings. The summed E-state index contributed by atoms with van der Waals surface area (Å²) in [5.41, 5.74) is 3.23. The number of benzene rings is 4. The van der Waals surface area contributed by atoms with Crippen molar-refractivity contribution in [2.45, 2.75) is 10.1 Å². The number of carbonyl (C=O) groups is 1. The van der Waals surface area contributed by atoms with Crippen LogP contribution in [0.25, 0.3) is 0 Å². The van der Waals surface area contributed by atoms with E-state index in [1.807, 2.05) is 103 Å². The lowest BCUT2D eigenvalue weighted by Crippen LogP contribution is -2.20. The second kappa shape index (κ2) is 12.6. The molecule has 0 radical (unpaired) electrons. The number of hydrogen-bond donors (Lipinski definition) is 3. The molecule has 0 bridgehead atoms. The van der Waals surface area contributed by atoms with Crippen LogP contribution in [0.5, 0.6) is 5.75 Å². The Morgan fingerprint density at radius 3 is 2.28 bits per heavy atom. The molecule has 0 saturated heterocycles. The van der Waals surface area contributed by atoms with Gasteiger partial charge in [-0.1, -0.05) is 60.7 Å². The molecule has 0 heterocycles. The van der Waals surface area contributed by atoms with Gasteiger partial charge in [0.2, 0.25) is 5.91 Å². The maximum atomic E-state index is 13.4. The van der Waals surface area contributed by atoms with E-state index >= 15 is 0 Å². The normalized spacial score (nSPS) is 11.3. The van der Waals surface area contributed by atoms with Crippen molar-refractivity contribution in [3.63, 3.8) is 0 Å². The Balaban J connectivity index is 1.50. The van der Waals surface area contributed by atoms with Crippen molar-refractivity contribution >= 4 is 68.0 Å². The average Bonchev–Trinajstić information content (AvgIpc) is 2.89. The average molecular weight is 579 g/mol. The molecule has 0 aliphatic heterocycles. The Bertz CT molecular complexity index is 1350. The number of halogens is 1. The summed E-state index contributed by atoms with van der Waals surface area (Å²) < 4.78 is 6.21. The number of nitrogens with one attached hydrogen (secondary N) is 3. The van der Waals surface area contributed by atoms with Gasteiger partial charge < -0.3 is 20.7 Å². The van der Waals surface area contributed by atoms with E-state index in [1.165, 1.54) is 11.8 Å². The molecule has 0 fully saturated rings. The van der Waals surface area contributed by atoms with Crippen LogP contribution in [-0.4, -0.2) is 18.1 Å². The zero-order valence-corrected chi connectivity index (χ0v) is 22.6. The highest BCUT2D eigenvalue weighted by Gasteiger charge is 2.23. The lowest BCUT2D eigenvalue weighted by Gasteiger charge is -2.18. The summed E-state index contributed by atoms with van der Waals surface area (Å²) in [6.07, 6.45) is 0. The third-order valence-electron chi connectivity index (χ3n) is 5.17. The van der Waals surface area contributed by atoms with Gasteiger partial charge in [0.05, 0.1) is 18.5 Å². The summed E-state index contributed by atoms with van der Waals surface area (Å²) in [7, 11) is 1.62. The largest absolute Gasteiger partial charge is 0.495 e. The second-order valence-corrected chi connectivity index (χ2v) is 10.1. The van der Waals surface area contributed by atoms with Crippen molar-refractivity contribution in [2.24, 2.45) is 0 Å². The molecule has 0 aromatic heterocycles. The monoisotopic (exact) mass is 577 g/mol. The van der Waals surface area contributed by atoms with Gasteiger partial charge in [-0.05, 0) is 76.2 Å². The molecule has 3 N–H and O–H groups in total. The van der Waals surface area contributed by atoms with E-state index in [4.69, 9.17) is 17.0 Å². The maximum absolute atomic E-state index is 13.4. The van der Waals surface area contributed by atoms with Crippen molar-refractivity contribution in [2.75, 3.05) is 23.1 Å². The number of methoxy groups -OCH3 is 1. The minimum absolute atomic E-state index is 0.107. The summed E-state index contributed by atoms with van der Waals surface area (Å²) in [6, 6.07) is 32.7. The predicted octanol–water partition coefficient (Wildman–Crippen LogP) is 7.74. The summed E-state index contributed by atoms with van der Waals surface area (Å²) in [5.74, 6) is 0.595. The minimum Gasteiger partial charge on any atom is -0.495 e. The van der Waals surface area contributed by atoms with Gasteiger partial charge in [-0.3, -0.25) is 4.79 Å². The number of carbonyl (C=O) groups excluding carboxylic acids is 1. The molecular formula is C28H24BrN3O2S2. The number of para-hydroxylation sites is 3. The number of thioether (sulfide) groups is 1. The SMILES string of the molecule is COc1ccccc1NC(=S)Nc1cccc(SC(C(=O)Nc2ccccc2Br)c2ccccc2)c1. The van der Waals surface area contributed by atoms with E-state index in [9.17, 15) is 4.79 Å². The molecule has 8 heteroatoms. The molecule has 0 saturated carbocycles. The van der Waals surface area contributed by atoms with Gasteiger partial charge in [0.25, 0.3) is 0 Å². The second-order valence-electron chi connectivity index (χ2n) is 7.68. The molecule has 4 aromatic carbocycles. The van der Waals surface area contributed by atoms with Crippen LogP contribution in [0, 0.1) is 0 Å². The minimum atomic E-state index is -0.452. The third kappa shape index (κ3) is 6.87. The summed E-state index contributed by atoms with van der Waals surface area (Å²) >= 11 is 10.5. The van der Waals surface area contributed by atoms with Crippen LogP contribution in [-0.2, 0) is 4.79 Å². The fourth-order valence-corrected chi connectivity index (χ4v) is 5.17. The van der Waals surface area contributed by atoms with Gasteiger partial charge in [-0.15, -0.1) is 11.8 Å². The molecule has 5 nitrogen and oxygen atoms in total. The van der Waals surface area contributed by atoms with Crippen molar-refractivity contribution < 1.29 is 9.53 Å².